The summed E-state index contributed by atoms with van der Waals surface area (Å²) in [6.07, 6.45) is 4.21. The van der Waals surface area contributed by atoms with Gasteiger partial charge in [-0.1, -0.05) is 35.3 Å². The van der Waals surface area contributed by atoms with Crippen molar-refractivity contribution < 1.29 is 0 Å². The van der Waals surface area contributed by atoms with Crippen LogP contribution in [0, 0.1) is 0 Å². The number of rotatable bonds is 2. The van der Waals surface area contributed by atoms with Gasteiger partial charge in [0.2, 0.25) is 0 Å². The predicted molar refractivity (Wildman–Crippen MR) is 63.6 cm³/mol. The van der Waals surface area contributed by atoms with Gasteiger partial charge in [-0.25, -0.2) is 0 Å². The predicted octanol–water partition coefficient (Wildman–Crippen LogP) is 3.97. The van der Waals surface area contributed by atoms with Gasteiger partial charge >= 0.3 is 0 Å². The lowest BCUT2D eigenvalue weighted by molar-refractivity contribution is 0.628. The van der Waals surface area contributed by atoms with E-state index in [1.54, 1.807) is 18.0 Å². The molecule has 1 nitrogen and oxygen atoms in total. The minimum atomic E-state index is 0.684. The highest BCUT2D eigenvalue weighted by molar-refractivity contribution is 7.97. The number of hydrogen-bond acceptors (Lipinski definition) is 2. The Hall–Kier alpha value is -0.310. The van der Waals surface area contributed by atoms with Gasteiger partial charge in [0.25, 0.3) is 0 Å². The first-order valence-corrected chi connectivity index (χ1v) is 5.96. The molecule has 0 atom stereocenters. The second-order valence-corrected chi connectivity index (χ2v) is 4.90. The van der Waals surface area contributed by atoms with Crippen molar-refractivity contribution in [3.63, 3.8) is 0 Å². The highest BCUT2D eigenvalue weighted by Gasteiger charge is 2.08. The summed E-state index contributed by atoms with van der Waals surface area (Å²) in [5.41, 5.74) is 1.11. The highest BCUT2D eigenvalue weighted by atomic mass is 35.5. The van der Waals surface area contributed by atoms with Crippen LogP contribution in [0.5, 0.6) is 0 Å². The van der Waals surface area contributed by atoms with Crippen molar-refractivity contribution in [2.24, 2.45) is 0 Å². The molecule has 4 heteroatoms. The molecule has 74 valence electrons. The average Bonchev–Trinajstić information content (AvgIpc) is 2.62. The number of nitrogens with zero attached hydrogens (tertiary/aromatic N) is 1. The van der Waals surface area contributed by atoms with Crippen molar-refractivity contribution in [1.82, 2.24) is 4.31 Å². The van der Waals surface area contributed by atoms with Crippen molar-refractivity contribution in [3.05, 3.63) is 46.1 Å². The molecule has 0 amide bonds. The second-order valence-electron chi connectivity index (χ2n) is 2.99. The maximum absolute atomic E-state index is 6.06. The largest absolute Gasteiger partial charge is 0.319 e. The van der Waals surface area contributed by atoms with E-state index in [4.69, 9.17) is 23.2 Å². The molecule has 14 heavy (non-hydrogen) atoms. The molecule has 1 aliphatic rings. The molecule has 2 rings (SSSR count). The summed E-state index contributed by atoms with van der Waals surface area (Å²) in [4.78, 5) is 0. The lowest BCUT2D eigenvalue weighted by Gasteiger charge is -2.14. The maximum Gasteiger partial charge on any atom is 0.0554 e. The van der Waals surface area contributed by atoms with Gasteiger partial charge in [0, 0.05) is 22.0 Å². The lowest BCUT2D eigenvalue weighted by Crippen LogP contribution is -2.04. The fourth-order valence-electron chi connectivity index (χ4n) is 1.26. The zero-order valence-corrected chi connectivity index (χ0v) is 9.74. The first-order valence-electron chi connectivity index (χ1n) is 4.26. The van der Waals surface area contributed by atoms with Gasteiger partial charge in [0.15, 0.2) is 0 Å². The van der Waals surface area contributed by atoms with Crippen molar-refractivity contribution in [2.45, 2.75) is 6.54 Å². The van der Waals surface area contributed by atoms with Crippen LogP contribution in [-0.2, 0) is 6.54 Å². The molecular weight excluding hydrogens is 237 g/mol. The third kappa shape index (κ3) is 2.38. The summed E-state index contributed by atoms with van der Waals surface area (Å²) in [6.45, 7) is 0.831. The SMILES string of the molecule is Clc1ccc(CN2C=CCS2)c(Cl)c1. The van der Waals surface area contributed by atoms with Gasteiger partial charge < -0.3 is 4.31 Å². The number of halogens is 2. The van der Waals surface area contributed by atoms with E-state index in [1.807, 2.05) is 12.1 Å². The van der Waals surface area contributed by atoms with Crippen molar-refractivity contribution in [3.8, 4) is 0 Å². The van der Waals surface area contributed by atoms with E-state index < -0.39 is 0 Å². The molecule has 0 radical (unpaired) electrons. The molecule has 0 spiro atoms. The standard InChI is InChI=1S/C10H9Cl2NS/c11-9-3-2-8(10(12)6-9)7-13-4-1-5-14-13/h1-4,6H,5,7H2. The van der Waals surface area contributed by atoms with E-state index in [9.17, 15) is 0 Å². The zero-order chi connectivity index (χ0) is 9.97. The molecule has 1 aromatic rings. The summed E-state index contributed by atoms with van der Waals surface area (Å²) in [5, 5.41) is 1.42. The summed E-state index contributed by atoms with van der Waals surface area (Å²) in [7, 11) is 0. The lowest BCUT2D eigenvalue weighted by atomic mass is 10.2. The average molecular weight is 246 g/mol. The minimum Gasteiger partial charge on any atom is -0.319 e. The van der Waals surface area contributed by atoms with Crippen LogP contribution in [0.4, 0.5) is 0 Å². The van der Waals surface area contributed by atoms with Gasteiger partial charge in [0.05, 0.1) is 6.54 Å². The Morgan fingerprint density at radius 2 is 2.21 bits per heavy atom. The fraction of sp³-hybridized carbons (Fsp3) is 0.200. The number of benzene rings is 1. The molecule has 0 aliphatic carbocycles. The minimum absolute atomic E-state index is 0.684. The fourth-order valence-corrected chi connectivity index (χ4v) is 2.49. The molecule has 0 aromatic heterocycles. The van der Waals surface area contributed by atoms with E-state index in [0.717, 1.165) is 22.9 Å². The van der Waals surface area contributed by atoms with Crippen molar-refractivity contribution in [1.29, 1.82) is 0 Å². The summed E-state index contributed by atoms with van der Waals surface area (Å²) < 4.78 is 2.16. The van der Waals surface area contributed by atoms with E-state index >= 15 is 0 Å². The van der Waals surface area contributed by atoms with E-state index in [-0.39, 0.29) is 0 Å². The molecule has 0 N–H and O–H groups in total. The van der Waals surface area contributed by atoms with Gasteiger partial charge in [0.1, 0.15) is 0 Å². The monoisotopic (exact) mass is 245 g/mol. The Labute approximate surface area is 97.8 Å². The second kappa shape index (κ2) is 4.47. The normalized spacial score (nSPS) is 15.1. The first-order chi connectivity index (χ1) is 6.75. The summed E-state index contributed by atoms with van der Waals surface area (Å²) in [6, 6.07) is 5.62. The Bertz CT molecular complexity index is 365. The molecule has 1 aliphatic heterocycles. The van der Waals surface area contributed by atoms with E-state index in [0.29, 0.717) is 5.02 Å². The third-order valence-corrected chi connectivity index (χ3v) is 3.46. The molecule has 0 fully saturated rings. The van der Waals surface area contributed by atoms with Gasteiger partial charge in [-0.2, -0.15) is 0 Å². The quantitative estimate of drug-likeness (QED) is 0.726. The van der Waals surface area contributed by atoms with Gasteiger partial charge in [-0.15, -0.1) is 0 Å². The van der Waals surface area contributed by atoms with E-state index in [1.165, 1.54) is 0 Å². The van der Waals surface area contributed by atoms with Crippen LogP contribution in [-0.4, -0.2) is 10.1 Å². The molecule has 0 saturated carbocycles. The van der Waals surface area contributed by atoms with Crippen molar-refractivity contribution >= 4 is 35.1 Å². The zero-order valence-electron chi connectivity index (χ0n) is 7.41. The van der Waals surface area contributed by atoms with Crippen LogP contribution in [0.15, 0.2) is 30.5 Å². The molecule has 1 heterocycles. The van der Waals surface area contributed by atoms with Crippen molar-refractivity contribution in [2.75, 3.05) is 5.75 Å². The Balaban J connectivity index is 2.12. The Kier molecular flexibility index (Phi) is 3.26. The molecular formula is C10H9Cl2NS. The molecule has 0 saturated heterocycles. The van der Waals surface area contributed by atoms with Crippen LogP contribution < -0.4 is 0 Å². The third-order valence-electron chi connectivity index (χ3n) is 1.95. The van der Waals surface area contributed by atoms with Gasteiger partial charge in [-0.05, 0) is 29.6 Å². The van der Waals surface area contributed by atoms with Crippen LogP contribution in [0.1, 0.15) is 5.56 Å². The smallest absolute Gasteiger partial charge is 0.0554 e. The summed E-state index contributed by atoms with van der Waals surface area (Å²) in [5.74, 6) is 1.05. The van der Waals surface area contributed by atoms with E-state index in [2.05, 4.69) is 16.6 Å². The van der Waals surface area contributed by atoms with Crippen LogP contribution in [0.25, 0.3) is 0 Å². The summed E-state index contributed by atoms with van der Waals surface area (Å²) >= 11 is 13.7. The topological polar surface area (TPSA) is 3.24 Å². The Morgan fingerprint density at radius 1 is 1.36 bits per heavy atom. The first kappa shape index (κ1) is 10.2. The van der Waals surface area contributed by atoms with Crippen LogP contribution in [0.3, 0.4) is 0 Å². The maximum atomic E-state index is 6.06. The molecule has 0 unspecified atom stereocenters. The molecule has 0 bridgehead atoms. The highest BCUT2D eigenvalue weighted by Crippen LogP contribution is 2.26. The van der Waals surface area contributed by atoms with Gasteiger partial charge in [-0.3, -0.25) is 0 Å². The Morgan fingerprint density at radius 3 is 2.86 bits per heavy atom. The molecule has 1 aromatic carbocycles. The number of hydrogen-bond donors (Lipinski definition) is 0. The van der Waals surface area contributed by atoms with Crippen LogP contribution in [0.2, 0.25) is 10.0 Å². The van der Waals surface area contributed by atoms with Crippen LogP contribution >= 0.6 is 35.1 Å².